The molecule has 0 aliphatic carbocycles. The summed E-state index contributed by atoms with van der Waals surface area (Å²) >= 11 is 0. The third-order valence-corrected chi connectivity index (χ3v) is 5.97. The van der Waals surface area contributed by atoms with E-state index in [0.717, 1.165) is 5.56 Å². The molecule has 0 saturated carbocycles. The average Bonchev–Trinajstić information content (AvgIpc) is 3.24. The Labute approximate surface area is 175 Å². The van der Waals surface area contributed by atoms with Gasteiger partial charge >= 0.3 is 10.1 Å². The number of nitrogens with one attached hydrogen (secondary N) is 1. The first-order valence-corrected chi connectivity index (χ1v) is 10.7. The molecule has 3 rings (SSSR count). The van der Waals surface area contributed by atoms with Gasteiger partial charge in [-0.3, -0.25) is 4.79 Å². The molecule has 0 radical (unpaired) electrons. The minimum Gasteiger partial charge on any atom is -0.466 e. The second-order valence-corrected chi connectivity index (χ2v) is 8.78. The fourth-order valence-electron chi connectivity index (χ4n) is 2.84. The molecule has 0 bridgehead atoms. The van der Waals surface area contributed by atoms with Crippen LogP contribution in [0.2, 0.25) is 0 Å². The minimum atomic E-state index is -4.00. The van der Waals surface area contributed by atoms with Crippen LogP contribution in [0.1, 0.15) is 34.2 Å². The number of amides is 1. The standard InChI is InChI=1S/C22H23NO6S/c1-15-6-7-16(2)19(13-15)30(26,27)29-18-10-8-17(9-11-18)21(24)23-14-22(3,25)20-5-4-12-28-20/h4-13,25H,14H2,1-3H3,(H,23,24)/t22-/m0/s1. The van der Waals surface area contributed by atoms with Gasteiger partial charge in [-0.25, -0.2) is 0 Å². The Morgan fingerprint density at radius 1 is 1.13 bits per heavy atom. The summed E-state index contributed by atoms with van der Waals surface area (Å²) in [7, 11) is -4.00. The predicted molar refractivity (Wildman–Crippen MR) is 111 cm³/mol. The molecule has 0 aliphatic rings. The Bertz CT molecular complexity index is 1130. The molecule has 8 heteroatoms. The van der Waals surface area contributed by atoms with Crippen molar-refractivity contribution in [2.75, 3.05) is 6.54 Å². The van der Waals surface area contributed by atoms with Gasteiger partial charge in [-0.1, -0.05) is 12.1 Å². The lowest BCUT2D eigenvalue weighted by molar-refractivity contribution is 0.0330. The summed E-state index contributed by atoms with van der Waals surface area (Å²) in [5.74, 6) is 0.00371. The number of hydrogen-bond acceptors (Lipinski definition) is 6. The summed E-state index contributed by atoms with van der Waals surface area (Å²) in [6, 6.07) is 14.1. The molecule has 1 heterocycles. The fraction of sp³-hybridized carbons (Fsp3) is 0.227. The van der Waals surface area contributed by atoms with Crippen LogP contribution < -0.4 is 9.50 Å². The largest absolute Gasteiger partial charge is 0.466 e. The first kappa shape index (κ1) is 21.6. The summed E-state index contributed by atoms with van der Waals surface area (Å²) < 4.78 is 35.5. The number of benzene rings is 2. The zero-order valence-corrected chi connectivity index (χ0v) is 17.7. The van der Waals surface area contributed by atoms with Crippen LogP contribution in [0.15, 0.2) is 70.2 Å². The smallest absolute Gasteiger partial charge is 0.339 e. The summed E-state index contributed by atoms with van der Waals surface area (Å²) in [6.45, 7) is 4.97. The van der Waals surface area contributed by atoms with Crippen molar-refractivity contribution < 1.29 is 26.9 Å². The monoisotopic (exact) mass is 429 g/mol. The van der Waals surface area contributed by atoms with Crippen molar-refractivity contribution in [1.82, 2.24) is 5.32 Å². The van der Waals surface area contributed by atoms with E-state index in [1.165, 1.54) is 37.5 Å². The lowest BCUT2D eigenvalue weighted by Crippen LogP contribution is -2.38. The van der Waals surface area contributed by atoms with E-state index in [1.807, 2.05) is 6.07 Å². The molecule has 0 fully saturated rings. The Hall–Kier alpha value is -3.10. The lowest BCUT2D eigenvalue weighted by atomic mass is 10.0. The number of furan rings is 1. The highest BCUT2D eigenvalue weighted by Gasteiger charge is 2.27. The van der Waals surface area contributed by atoms with E-state index >= 15 is 0 Å². The van der Waals surface area contributed by atoms with Gasteiger partial charge in [-0.15, -0.1) is 0 Å². The Kier molecular flexibility index (Phi) is 6.00. The summed E-state index contributed by atoms with van der Waals surface area (Å²) in [4.78, 5) is 12.5. The lowest BCUT2D eigenvalue weighted by Gasteiger charge is -2.21. The highest BCUT2D eigenvalue weighted by atomic mass is 32.2. The normalized spacial score (nSPS) is 13.5. The molecule has 0 aliphatic heterocycles. The molecule has 30 heavy (non-hydrogen) atoms. The Morgan fingerprint density at radius 3 is 2.47 bits per heavy atom. The van der Waals surface area contributed by atoms with E-state index in [1.54, 1.807) is 38.1 Å². The van der Waals surface area contributed by atoms with Crippen molar-refractivity contribution >= 4 is 16.0 Å². The van der Waals surface area contributed by atoms with Gasteiger partial charge < -0.3 is 19.0 Å². The molecule has 3 aromatic rings. The van der Waals surface area contributed by atoms with Crippen LogP contribution in [0, 0.1) is 13.8 Å². The van der Waals surface area contributed by atoms with Crippen molar-refractivity contribution in [2.24, 2.45) is 0 Å². The highest BCUT2D eigenvalue weighted by molar-refractivity contribution is 7.87. The second kappa shape index (κ2) is 8.33. The quantitative estimate of drug-likeness (QED) is 0.558. The number of aliphatic hydroxyl groups is 1. The van der Waals surface area contributed by atoms with Crippen LogP contribution in [0.4, 0.5) is 0 Å². The van der Waals surface area contributed by atoms with Crippen LogP contribution in [-0.4, -0.2) is 26.0 Å². The molecule has 2 N–H and O–H groups in total. The highest BCUT2D eigenvalue weighted by Crippen LogP contribution is 2.23. The predicted octanol–water partition coefficient (Wildman–Crippen LogP) is 3.30. The molecular formula is C22H23NO6S. The van der Waals surface area contributed by atoms with Crippen LogP contribution in [0.5, 0.6) is 5.75 Å². The topological polar surface area (TPSA) is 106 Å². The fourth-order valence-corrected chi connectivity index (χ4v) is 4.08. The van der Waals surface area contributed by atoms with Gasteiger partial charge in [-0.05, 0) is 74.4 Å². The van der Waals surface area contributed by atoms with Gasteiger partial charge in [0.05, 0.1) is 12.8 Å². The maximum Gasteiger partial charge on any atom is 0.339 e. The van der Waals surface area contributed by atoms with Crippen molar-refractivity contribution in [3.8, 4) is 5.75 Å². The second-order valence-electron chi connectivity index (χ2n) is 7.26. The van der Waals surface area contributed by atoms with E-state index in [4.69, 9.17) is 8.60 Å². The van der Waals surface area contributed by atoms with Gasteiger partial charge in [0.1, 0.15) is 22.0 Å². The molecular weight excluding hydrogens is 406 g/mol. The summed E-state index contributed by atoms with van der Waals surface area (Å²) in [5.41, 5.74) is 0.323. The molecule has 7 nitrogen and oxygen atoms in total. The van der Waals surface area contributed by atoms with Crippen LogP contribution in [0.25, 0.3) is 0 Å². The minimum absolute atomic E-state index is 0.0569. The Balaban J connectivity index is 1.67. The third kappa shape index (κ3) is 4.90. The molecule has 1 atom stereocenters. The van der Waals surface area contributed by atoms with E-state index in [2.05, 4.69) is 5.32 Å². The van der Waals surface area contributed by atoms with E-state index < -0.39 is 21.6 Å². The molecule has 2 aromatic carbocycles. The van der Waals surface area contributed by atoms with Gasteiger partial charge in [0, 0.05) is 5.56 Å². The molecule has 0 unspecified atom stereocenters. The maximum absolute atomic E-state index is 12.6. The zero-order chi connectivity index (χ0) is 21.9. The van der Waals surface area contributed by atoms with Crippen molar-refractivity contribution in [2.45, 2.75) is 31.3 Å². The van der Waals surface area contributed by atoms with E-state index in [-0.39, 0.29) is 17.2 Å². The van der Waals surface area contributed by atoms with Gasteiger partial charge in [0.15, 0.2) is 0 Å². The molecule has 158 valence electrons. The zero-order valence-electron chi connectivity index (χ0n) is 16.9. The summed E-state index contributed by atoms with van der Waals surface area (Å²) in [6.07, 6.45) is 1.44. The Morgan fingerprint density at radius 2 is 1.83 bits per heavy atom. The van der Waals surface area contributed by atoms with Crippen molar-refractivity contribution in [3.63, 3.8) is 0 Å². The van der Waals surface area contributed by atoms with Gasteiger partial charge in [0.2, 0.25) is 0 Å². The first-order chi connectivity index (χ1) is 14.1. The first-order valence-electron chi connectivity index (χ1n) is 9.25. The number of rotatable bonds is 7. The molecule has 0 saturated heterocycles. The SMILES string of the molecule is Cc1ccc(C)c(S(=O)(=O)Oc2ccc(C(=O)NC[C@](C)(O)c3ccco3)cc2)c1. The number of hydrogen-bond donors (Lipinski definition) is 2. The van der Waals surface area contributed by atoms with Crippen molar-refractivity contribution in [1.29, 1.82) is 0 Å². The maximum atomic E-state index is 12.6. The molecule has 0 spiro atoms. The third-order valence-electron chi connectivity index (χ3n) is 4.58. The molecule has 1 aromatic heterocycles. The van der Waals surface area contributed by atoms with E-state index in [9.17, 15) is 18.3 Å². The summed E-state index contributed by atoms with van der Waals surface area (Å²) in [5, 5.41) is 13.0. The van der Waals surface area contributed by atoms with Gasteiger partial charge in [-0.2, -0.15) is 8.42 Å². The van der Waals surface area contributed by atoms with Crippen LogP contribution in [-0.2, 0) is 15.7 Å². The average molecular weight is 429 g/mol. The number of carbonyl (C=O) groups excluding carboxylic acids is 1. The number of carbonyl (C=O) groups is 1. The van der Waals surface area contributed by atoms with E-state index in [0.29, 0.717) is 16.9 Å². The number of aryl methyl sites for hydroxylation is 2. The van der Waals surface area contributed by atoms with Gasteiger partial charge in [0.25, 0.3) is 5.91 Å². The molecule has 1 amide bonds. The van der Waals surface area contributed by atoms with Crippen molar-refractivity contribution in [3.05, 3.63) is 83.3 Å². The van der Waals surface area contributed by atoms with Crippen LogP contribution >= 0.6 is 0 Å². The van der Waals surface area contributed by atoms with Crippen LogP contribution in [0.3, 0.4) is 0 Å².